The highest BCUT2D eigenvalue weighted by atomic mass is 35.5. The van der Waals surface area contributed by atoms with Crippen LogP contribution >= 0.6 is 11.6 Å². The first-order chi connectivity index (χ1) is 13.4. The number of anilines is 1. The van der Waals surface area contributed by atoms with E-state index in [9.17, 15) is 22.4 Å². The molecule has 2 aromatic rings. The lowest BCUT2D eigenvalue weighted by Crippen LogP contribution is -2.45. The summed E-state index contributed by atoms with van der Waals surface area (Å²) in [4.78, 5) is 24.0. The van der Waals surface area contributed by atoms with Crippen LogP contribution in [-0.2, 0) is 14.8 Å². The van der Waals surface area contributed by atoms with Gasteiger partial charge in [-0.15, -0.1) is 0 Å². The van der Waals surface area contributed by atoms with Crippen molar-refractivity contribution in [1.82, 2.24) is 10.6 Å². The Kier molecular flexibility index (Phi) is 6.86. The summed E-state index contributed by atoms with van der Waals surface area (Å²) in [6.07, 6.45) is 0. The molecule has 29 heavy (non-hydrogen) atoms. The molecule has 2 rings (SSSR count). The maximum absolute atomic E-state index is 13.0. The third-order valence-electron chi connectivity index (χ3n) is 3.51. The Bertz CT molecular complexity index is 1020. The van der Waals surface area contributed by atoms with Crippen molar-refractivity contribution in [3.8, 4) is 0 Å². The Labute approximate surface area is 173 Å². The van der Waals surface area contributed by atoms with Gasteiger partial charge in [-0.2, -0.15) is 0 Å². The summed E-state index contributed by atoms with van der Waals surface area (Å²) >= 11 is 6.02. The largest absolute Gasteiger partial charge is 0.350 e. The minimum absolute atomic E-state index is 0.0273. The molecule has 0 atom stereocenters. The van der Waals surface area contributed by atoms with Crippen LogP contribution in [0.4, 0.5) is 10.1 Å². The number of nitrogens with one attached hydrogen (secondary N) is 3. The summed E-state index contributed by atoms with van der Waals surface area (Å²) in [6, 6.07) is 8.37. The predicted octanol–water partition coefficient (Wildman–Crippen LogP) is 2.92. The Morgan fingerprint density at radius 2 is 1.69 bits per heavy atom. The van der Waals surface area contributed by atoms with Gasteiger partial charge in [0.05, 0.1) is 22.0 Å². The second kappa shape index (κ2) is 8.79. The fraction of sp³-hybridized carbons (Fsp3) is 0.263. The predicted molar refractivity (Wildman–Crippen MR) is 109 cm³/mol. The van der Waals surface area contributed by atoms with Crippen molar-refractivity contribution in [3.05, 3.63) is 58.9 Å². The number of rotatable bonds is 6. The van der Waals surface area contributed by atoms with E-state index in [1.165, 1.54) is 24.3 Å². The monoisotopic (exact) mass is 441 g/mol. The SMILES string of the molecule is CC(C)(C)NC(=O)CNC(=O)c1cc(S(=O)(=O)Nc2ccc(F)cc2)ccc1Cl. The average Bonchev–Trinajstić information content (AvgIpc) is 2.60. The van der Waals surface area contributed by atoms with Crippen molar-refractivity contribution in [2.75, 3.05) is 11.3 Å². The fourth-order valence-corrected chi connectivity index (χ4v) is 3.58. The van der Waals surface area contributed by atoms with Gasteiger partial charge in [-0.3, -0.25) is 14.3 Å². The molecule has 7 nitrogen and oxygen atoms in total. The second-order valence-electron chi connectivity index (χ2n) is 7.23. The van der Waals surface area contributed by atoms with Crippen LogP contribution in [0.15, 0.2) is 47.4 Å². The molecule has 2 aromatic carbocycles. The van der Waals surface area contributed by atoms with Crippen molar-refractivity contribution in [2.24, 2.45) is 0 Å². The molecule has 0 aromatic heterocycles. The molecule has 0 bridgehead atoms. The van der Waals surface area contributed by atoms with Crippen LogP contribution in [0.25, 0.3) is 0 Å². The number of benzene rings is 2. The molecule has 0 aliphatic rings. The highest BCUT2D eigenvalue weighted by Crippen LogP contribution is 2.22. The molecule has 156 valence electrons. The number of carbonyl (C=O) groups is 2. The van der Waals surface area contributed by atoms with Gasteiger partial charge in [-0.05, 0) is 63.2 Å². The van der Waals surface area contributed by atoms with Crippen LogP contribution in [0.2, 0.25) is 5.02 Å². The summed E-state index contributed by atoms with van der Waals surface area (Å²) < 4.78 is 40.4. The van der Waals surface area contributed by atoms with E-state index in [4.69, 9.17) is 11.6 Å². The van der Waals surface area contributed by atoms with E-state index in [1.807, 2.05) is 0 Å². The Morgan fingerprint density at radius 3 is 2.28 bits per heavy atom. The van der Waals surface area contributed by atoms with E-state index in [0.29, 0.717) is 0 Å². The van der Waals surface area contributed by atoms with E-state index in [2.05, 4.69) is 15.4 Å². The van der Waals surface area contributed by atoms with E-state index in [-0.39, 0.29) is 27.7 Å². The van der Waals surface area contributed by atoms with Crippen LogP contribution in [0.3, 0.4) is 0 Å². The molecule has 0 unspecified atom stereocenters. The van der Waals surface area contributed by atoms with Crippen molar-refractivity contribution < 1.29 is 22.4 Å². The number of hydrogen-bond acceptors (Lipinski definition) is 4. The lowest BCUT2D eigenvalue weighted by atomic mass is 10.1. The zero-order valence-corrected chi connectivity index (χ0v) is 17.6. The second-order valence-corrected chi connectivity index (χ2v) is 9.32. The van der Waals surface area contributed by atoms with Crippen LogP contribution in [0, 0.1) is 5.82 Å². The minimum atomic E-state index is -4.04. The number of halogens is 2. The van der Waals surface area contributed by atoms with E-state index in [1.54, 1.807) is 20.8 Å². The molecule has 3 N–H and O–H groups in total. The summed E-state index contributed by atoms with van der Waals surface area (Å²) in [5.74, 6) is -1.60. The maximum atomic E-state index is 13.0. The highest BCUT2D eigenvalue weighted by molar-refractivity contribution is 7.92. The molecule has 2 amide bonds. The smallest absolute Gasteiger partial charge is 0.261 e. The number of carbonyl (C=O) groups excluding carboxylic acids is 2. The van der Waals surface area contributed by atoms with E-state index in [0.717, 1.165) is 18.2 Å². The first kappa shape index (κ1) is 22.6. The Balaban J connectivity index is 2.16. The van der Waals surface area contributed by atoms with Gasteiger partial charge in [0.25, 0.3) is 15.9 Å². The summed E-state index contributed by atoms with van der Waals surface area (Å²) in [5.41, 5.74) is -0.400. The van der Waals surface area contributed by atoms with Gasteiger partial charge < -0.3 is 10.6 Å². The molecule has 0 aliphatic heterocycles. The Hall–Kier alpha value is -2.65. The quantitative estimate of drug-likeness (QED) is 0.641. The molecular weight excluding hydrogens is 421 g/mol. The number of hydrogen-bond donors (Lipinski definition) is 3. The molecule has 0 radical (unpaired) electrons. The van der Waals surface area contributed by atoms with Crippen molar-refractivity contribution >= 4 is 39.1 Å². The van der Waals surface area contributed by atoms with Crippen molar-refractivity contribution in [3.63, 3.8) is 0 Å². The average molecular weight is 442 g/mol. The zero-order valence-electron chi connectivity index (χ0n) is 16.0. The Morgan fingerprint density at radius 1 is 1.07 bits per heavy atom. The molecular formula is C19H21ClFN3O4S. The molecule has 0 spiro atoms. The highest BCUT2D eigenvalue weighted by Gasteiger charge is 2.20. The number of amides is 2. The molecule has 0 aliphatic carbocycles. The zero-order chi connectivity index (χ0) is 21.8. The van der Waals surface area contributed by atoms with Gasteiger partial charge in [0.15, 0.2) is 0 Å². The summed E-state index contributed by atoms with van der Waals surface area (Å²) in [6.45, 7) is 5.10. The van der Waals surface area contributed by atoms with Crippen LogP contribution in [-0.4, -0.2) is 32.3 Å². The van der Waals surface area contributed by atoms with Crippen LogP contribution < -0.4 is 15.4 Å². The van der Waals surface area contributed by atoms with Crippen LogP contribution in [0.5, 0.6) is 0 Å². The lowest BCUT2D eigenvalue weighted by Gasteiger charge is -2.20. The first-order valence-corrected chi connectivity index (χ1v) is 10.4. The summed E-state index contributed by atoms with van der Waals surface area (Å²) in [5, 5.41) is 5.12. The van der Waals surface area contributed by atoms with Crippen molar-refractivity contribution in [1.29, 1.82) is 0 Å². The molecule has 0 saturated heterocycles. The minimum Gasteiger partial charge on any atom is -0.350 e. The van der Waals surface area contributed by atoms with Gasteiger partial charge in [-0.25, -0.2) is 12.8 Å². The topological polar surface area (TPSA) is 104 Å². The van der Waals surface area contributed by atoms with Crippen molar-refractivity contribution in [2.45, 2.75) is 31.2 Å². The molecule has 0 saturated carbocycles. The molecule has 0 heterocycles. The van der Waals surface area contributed by atoms with E-state index >= 15 is 0 Å². The van der Waals surface area contributed by atoms with Gasteiger partial charge in [0.1, 0.15) is 5.82 Å². The van der Waals surface area contributed by atoms with Gasteiger partial charge in [-0.1, -0.05) is 11.6 Å². The normalized spacial score (nSPS) is 11.6. The molecule has 0 fully saturated rings. The fourth-order valence-electron chi connectivity index (χ4n) is 2.30. The third kappa shape index (κ3) is 6.72. The first-order valence-electron chi connectivity index (χ1n) is 8.54. The third-order valence-corrected chi connectivity index (χ3v) is 5.22. The number of sulfonamides is 1. The maximum Gasteiger partial charge on any atom is 0.261 e. The summed E-state index contributed by atoms with van der Waals surface area (Å²) in [7, 11) is -4.04. The van der Waals surface area contributed by atoms with E-state index < -0.39 is 33.2 Å². The standard InChI is InChI=1S/C19H21ClFN3O4S/c1-19(2,3)23-17(25)11-22-18(26)15-10-14(8-9-16(15)20)29(27,28)24-13-6-4-12(21)5-7-13/h4-10,24H,11H2,1-3H3,(H,22,26)(H,23,25). The van der Waals surface area contributed by atoms with Gasteiger partial charge >= 0.3 is 0 Å². The molecule has 10 heteroatoms. The van der Waals surface area contributed by atoms with Gasteiger partial charge in [0, 0.05) is 11.2 Å². The van der Waals surface area contributed by atoms with Crippen LogP contribution in [0.1, 0.15) is 31.1 Å². The lowest BCUT2D eigenvalue weighted by molar-refractivity contribution is -0.121. The van der Waals surface area contributed by atoms with Gasteiger partial charge in [0.2, 0.25) is 5.91 Å².